The highest BCUT2D eigenvalue weighted by Gasteiger charge is 2.51. The van der Waals surface area contributed by atoms with Gasteiger partial charge in [0.1, 0.15) is 5.54 Å². The molecule has 0 spiro atoms. The lowest BCUT2D eigenvalue weighted by Crippen LogP contribution is -2.63. The van der Waals surface area contributed by atoms with E-state index in [2.05, 4.69) is 5.73 Å². The van der Waals surface area contributed by atoms with E-state index >= 15 is 0 Å². The number of rotatable bonds is 3. The maximum atomic E-state index is 11.6. The van der Waals surface area contributed by atoms with Gasteiger partial charge in [0.15, 0.2) is 0 Å². The van der Waals surface area contributed by atoms with Crippen LogP contribution in [0.2, 0.25) is 0 Å². The van der Waals surface area contributed by atoms with Crippen molar-refractivity contribution in [1.82, 2.24) is 4.90 Å². The molecule has 1 aliphatic carbocycles. The Bertz CT molecular complexity index is 505. The summed E-state index contributed by atoms with van der Waals surface area (Å²) >= 11 is 0. The van der Waals surface area contributed by atoms with Crippen molar-refractivity contribution in [1.29, 1.82) is 0 Å². The molecule has 1 saturated heterocycles. The number of nitrogens with zero attached hydrogens (tertiary/aromatic N) is 1. The largest absolute Gasteiger partial charge is 0.480 e. The number of allylic oxidation sites excluding steroid dienone is 2. The van der Waals surface area contributed by atoms with Crippen molar-refractivity contribution >= 4 is 18.0 Å². The van der Waals surface area contributed by atoms with Gasteiger partial charge in [0, 0.05) is 24.6 Å². The fourth-order valence-corrected chi connectivity index (χ4v) is 2.54. The second kappa shape index (κ2) is 6.40. The SMILES string of the molecule is CC1C(C(=O)O)=CC=CC1(C(=O)O)N1CCC1.NC(=O)O. The zero-order valence-corrected chi connectivity index (χ0v) is 11.5. The van der Waals surface area contributed by atoms with Crippen molar-refractivity contribution in [2.24, 2.45) is 11.7 Å². The van der Waals surface area contributed by atoms with Crippen LogP contribution in [-0.2, 0) is 9.59 Å². The number of carboxylic acids is 2. The van der Waals surface area contributed by atoms with Crippen LogP contribution in [0.1, 0.15) is 13.3 Å². The van der Waals surface area contributed by atoms with Crippen LogP contribution in [0.25, 0.3) is 0 Å². The van der Waals surface area contributed by atoms with Crippen molar-refractivity contribution in [3.63, 3.8) is 0 Å². The highest BCUT2D eigenvalue weighted by Crippen LogP contribution is 2.38. The molecule has 8 nitrogen and oxygen atoms in total. The summed E-state index contributed by atoms with van der Waals surface area (Å²) in [4.78, 5) is 33.3. The Morgan fingerprint density at radius 1 is 1.29 bits per heavy atom. The molecule has 0 saturated carbocycles. The minimum absolute atomic E-state index is 0.154. The topological polar surface area (TPSA) is 141 Å². The lowest BCUT2D eigenvalue weighted by Gasteiger charge is -2.48. The van der Waals surface area contributed by atoms with E-state index in [1.807, 2.05) is 4.90 Å². The Morgan fingerprint density at radius 3 is 2.14 bits per heavy atom. The first-order valence-corrected chi connectivity index (χ1v) is 6.33. The maximum absolute atomic E-state index is 11.6. The summed E-state index contributed by atoms with van der Waals surface area (Å²) < 4.78 is 0. The minimum Gasteiger partial charge on any atom is -0.480 e. The lowest BCUT2D eigenvalue weighted by molar-refractivity contribution is -0.154. The van der Waals surface area contributed by atoms with E-state index in [-0.39, 0.29) is 5.57 Å². The number of hydrogen-bond donors (Lipinski definition) is 4. The van der Waals surface area contributed by atoms with Crippen molar-refractivity contribution in [3.8, 4) is 0 Å². The Balaban J connectivity index is 0.000000491. The third-order valence-corrected chi connectivity index (χ3v) is 3.72. The van der Waals surface area contributed by atoms with E-state index in [0.29, 0.717) is 13.1 Å². The smallest absolute Gasteiger partial charge is 0.402 e. The van der Waals surface area contributed by atoms with Crippen LogP contribution < -0.4 is 5.73 Å². The first-order valence-electron chi connectivity index (χ1n) is 6.33. The standard InChI is InChI=1S/C12H15NO4.CH3NO2/c1-8-9(10(14)15)4-2-5-12(8,11(16)17)13-6-3-7-13;2-1(3)4/h2,4-5,8H,3,6-7H2,1H3,(H,14,15)(H,16,17);2H2,(H,3,4). The Labute approximate surface area is 121 Å². The summed E-state index contributed by atoms with van der Waals surface area (Å²) in [6, 6.07) is 0. The molecule has 5 N–H and O–H groups in total. The Hall–Kier alpha value is -2.35. The van der Waals surface area contributed by atoms with E-state index in [9.17, 15) is 14.7 Å². The van der Waals surface area contributed by atoms with Crippen molar-refractivity contribution in [3.05, 3.63) is 23.8 Å². The molecule has 1 fully saturated rings. The van der Waals surface area contributed by atoms with Crippen LogP contribution in [0.5, 0.6) is 0 Å². The zero-order valence-electron chi connectivity index (χ0n) is 11.5. The zero-order chi connectivity index (χ0) is 16.2. The van der Waals surface area contributed by atoms with E-state index in [1.54, 1.807) is 13.0 Å². The first kappa shape index (κ1) is 16.7. The Morgan fingerprint density at radius 2 is 1.81 bits per heavy atom. The molecule has 0 aromatic heterocycles. The number of primary amides is 1. The summed E-state index contributed by atoms with van der Waals surface area (Å²) in [5.41, 5.74) is 2.99. The monoisotopic (exact) mass is 298 g/mol. The number of aliphatic carboxylic acids is 2. The van der Waals surface area contributed by atoms with E-state index < -0.39 is 29.5 Å². The highest BCUT2D eigenvalue weighted by atomic mass is 16.4. The third-order valence-electron chi connectivity index (χ3n) is 3.72. The molecule has 8 heteroatoms. The second-order valence-electron chi connectivity index (χ2n) is 4.82. The second-order valence-corrected chi connectivity index (χ2v) is 4.82. The summed E-state index contributed by atoms with van der Waals surface area (Å²) in [7, 11) is 0. The molecule has 2 aliphatic rings. The molecule has 1 heterocycles. The van der Waals surface area contributed by atoms with Gasteiger partial charge in [-0.1, -0.05) is 25.2 Å². The average molecular weight is 298 g/mol. The van der Waals surface area contributed by atoms with Crippen LogP contribution in [0.3, 0.4) is 0 Å². The summed E-state index contributed by atoms with van der Waals surface area (Å²) in [5.74, 6) is -2.58. The van der Waals surface area contributed by atoms with E-state index in [1.165, 1.54) is 12.2 Å². The molecule has 2 unspecified atom stereocenters. The molecule has 0 radical (unpaired) electrons. The Kier molecular flexibility index (Phi) is 5.09. The van der Waals surface area contributed by atoms with E-state index in [4.69, 9.17) is 15.0 Å². The predicted octanol–water partition coefficient (Wildman–Crippen LogP) is 0.356. The molecule has 1 aliphatic heterocycles. The molecule has 0 bridgehead atoms. The van der Waals surface area contributed by atoms with Crippen molar-refractivity contribution < 1.29 is 29.7 Å². The minimum atomic E-state index is -1.33. The number of likely N-dealkylation sites (tertiary alicyclic amines) is 1. The maximum Gasteiger partial charge on any atom is 0.402 e. The van der Waals surface area contributed by atoms with Crippen LogP contribution in [-0.4, -0.2) is 56.9 Å². The molecule has 21 heavy (non-hydrogen) atoms. The highest BCUT2D eigenvalue weighted by molar-refractivity contribution is 5.92. The van der Waals surface area contributed by atoms with Gasteiger partial charge in [0.05, 0.1) is 0 Å². The van der Waals surface area contributed by atoms with Crippen molar-refractivity contribution in [2.45, 2.75) is 18.9 Å². The van der Waals surface area contributed by atoms with Gasteiger partial charge in [-0.2, -0.15) is 0 Å². The van der Waals surface area contributed by atoms with Crippen LogP contribution in [0, 0.1) is 5.92 Å². The van der Waals surface area contributed by atoms with Crippen molar-refractivity contribution in [2.75, 3.05) is 13.1 Å². The quantitative estimate of drug-likeness (QED) is 0.589. The fraction of sp³-hybridized carbons (Fsp3) is 0.462. The summed E-state index contributed by atoms with van der Waals surface area (Å²) in [5, 5.41) is 25.8. The van der Waals surface area contributed by atoms with Gasteiger partial charge < -0.3 is 21.1 Å². The fourth-order valence-electron chi connectivity index (χ4n) is 2.54. The predicted molar refractivity (Wildman–Crippen MR) is 72.8 cm³/mol. The molecule has 2 rings (SSSR count). The van der Waals surface area contributed by atoms with Gasteiger partial charge in [0.25, 0.3) is 0 Å². The molecule has 116 valence electrons. The number of carboxylic acid groups (broad SMARTS) is 3. The van der Waals surface area contributed by atoms with Gasteiger partial charge in [-0.3, -0.25) is 4.90 Å². The first-order chi connectivity index (χ1) is 9.73. The van der Waals surface area contributed by atoms with Gasteiger partial charge in [-0.25, -0.2) is 14.4 Å². The van der Waals surface area contributed by atoms with Gasteiger partial charge in [-0.05, 0) is 6.42 Å². The van der Waals surface area contributed by atoms with Crippen LogP contribution >= 0.6 is 0 Å². The molecule has 2 atom stereocenters. The molecular weight excluding hydrogens is 280 g/mol. The molecule has 1 amide bonds. The number of carbonyl (C=O) groups is 3. The number of hydrogen-bond acceptors (Lipinski definition) is 4. The van der Waals surface area contributed by atoms with Gasteiger partial charge >= 0.3 is 18.0 Å². The number of nitrogens with two attached hydrogens (primary N) is 1. The molecule has 0 aromatic carbocycles. The van der Waals surface area contributed by atoms with Crippen LogP contribution in [0.4, 0.5) is 4.79 Å². The summed E-state index contributed by atoms with van der Waals surface area (Å²) in [6.07, 6.45) is 4.25. The molecule has 0 aromatic rings. The molecular formula is C13H18N2O6. The van der Waals surface area contributed by atoms with Gasteiger partial charge in [0.2, 0.25) is 0 Å². The average Bonchev–Trinajstić information content (AvgIpc) is 2.27. The van der Waals surface area contributed by atoms with E-state index in [0.717, 1.165) is 6.42 Å². The third kappa shape index (κ3) is 3.22. The van der Waals surface area contributed by atoms with Gasteiger partial charge in [-0.15, -0.1) is 0 Å². The van der Waals surface area contributed by atoms with Crippen LogP contribution in [0.15, 0.2) is 23.8 Å². The summed E-state index contributed by atoms with van der Waals surface area (Å²) in [6.45, 7) is 3.07. The number of amides is 1. The normalized spacial score (nSPS) is 27.7. The lowest BCUT2D eigenvalue weighted by atomic mass is 9.74.